The van der Waals surface area contributed by atoms with Gasteiger partial charge in [0.15, 0.2) is 6.29 Å². The van der Waals surface area contributed by atoms with Gasteiger partial charge < -0.3 is 25.4 Å². The van der Waals surface area contributed by atoms with Crippen molar-refractivity contribution in [2.24, 2.45) is 5.73 Å². The molecule has 4 N–H and O–H groups in total. The topological polar surface area (TPSA) is 102 Å². The lowest BCUT2D eigenvalue weighted by atomic mass is 10.0. The van der Waals surface area contributed by atoms with Crippen molar-refractivity contribution < 1.29 is 24.5 Å². The summed E-state index contributed by atoms with van der Waals surface area (Å²) in [6.45, 7) is 1.30. The maximum atomic E-state index is 10.5. The summed E-state index contributed by atoms with van der Waals surface area (Å²) in [7, 11) is 0. The van der Waals surface area contributed by atoms with Crippen molar-refractivity contribution in [1.29, 1.82) is 0 Å². The van der Waals surface area contributed by atoms with Crippen LogP contribution in [0, 0.1) is 0 Å². The average Bonchev–Trinajstić information content (AvgIpc) is 2.10. The van der Waals surface area contributed by atoms with Crippen LogP contribution in [0.3, 0.4) is 0 Å². The SMILES string of the molecule is CC(=O)OCC1CC(O)C(N)C(O)O1. The predicted octanol–water partition coefficient (Wildman–Crippen LogP) is -1.65. The molecule has 1 aliphatic heterocycles. The van der Waals surface area contributed by atoms with Gasteiger partial charge >= 0.3 is 5.97 Å². The first-order valence-electron chi connectivity index (χ1n) is 4.41. The zero-order valence-corrected chi connectivity index (χ0v) is 7.92. The number of hydrogen-bond acceptors (Lipinski definition) is 6. The highest BCUT2D eigenvalue weighted by molar-refractivity contribution is 5.65. The Morgan fingerprint density at radius 2 is 2.29 bits per heavy atom. The van der Waals surface area contributed by atoms with Crippen LogP contribution in [-0.2, 0) is 14.3 Å². The number of ether oxygens (including phenoxy) is 2. The molecule has 0 bridgehead atoms. The lowest BCUT2D eigenvalue weighted by molar-refractivity contribution is -0.212. The molecule has 0 amide bonds. The fourth-order valence-corrected chi connectivity index (χ4v) is 1.28. The maximum Gasteiger partial charge on any atom is 0.302 e. The summed E-state index contributed by atoms with van der Waals surface area (Å²) in [6, 6.07) is -0.802. The highest BCUT2D eigenvalue weighted by atomic mass is 16.6. The molecule has 1 rings (SSSR count). The van der Waals surface area contributed by atoms with Crippen molar-refractivity contribution in [2.45, 2.75) is 37.9 Å². The van der Waals surface area contributed by atoms with E-state index in [1.807, 2.05) is 0 Å². The lowest BCUT2D eigenvalue weighted by Gasteiger charge is -2.34. The molecule has 0 radical (unpaired) electrons. The predicted molar refractivity (Wildman–Crippen MR) is 46.1 cm³/mol. The largest absolute Gasteiger partial charge is 0.463 e. The van der Waals surface area contributed by atoms with Gasteiger partial charge in [-0.2, -0.15) is 0 Å². The number of rotatable bonds is 2. The fourth-order valence-electron chi connectivity index (χ4n) is 1.28. The van der Waals surface area contributed by atoms with E-state index < -0.39 is 30.5 Å². The number of aliphatic hydroxyl groups is 2. The van der Waals surface area contributed by atoms with E-state index in [9.17, 15) is 15.0 Å². The Hall–Kier alpha value is -0.690. The van der Waals surface area contributed by atoms with Crippen molar-refractivity contribution in [1.82, 2.24) is 0 Å². The number of carbonyl (C=O) groups excluding carboxylic acids is 1. The Kier molecular flexibility index (Phi) is 3.82. The highest BCUT2D eigenvalue weighted by Crippen LogP contribution is 2.17. The second-order valence-corrected chi connectivity index (χ2v) is 3.33. The van der Waals surface area contributed by atoms with E-state index in [0.29, 0.717) is 0 Å². The molecule has 6 nitrogen and oxygen atoms in total. The zero-order chi connectivity index (χ0) is 10.7. The molecule has 0 aliphatic carbocycles. The van der Waals surface area contributed by atoms with Gasteiger partial charge in [-0.05, 0) is 0 Å². The number of hydrogen-bond donors (Lipinski definition) is 3. The third-order valence-electron chi connectivity index (χ3n) is 2.08. The molecule has 1 fully saturated rings. The standard InChI is InChI=1S/C8H15NO5/c1-4(10)13-3-5-2-6(11)7(9)8(12)14-5/h5-8,11-12H,2-3,9H2,1H3. The molecule has 6 heteroatoms. The molecule has 4 atom stereocenters. The van der Waals surface area contributed by atoms with E-state index in [1.165, 1.54) is 6.92 Å². The normalized spacial score (nSPS) is 38.0. The van der Waals surface area contributed by atoms with Gasteiger partial charge in [-0.1, -0.05) is 0 Å². The molecule has 1 heterocycles. The summed E-state index contributed by atoms with van der Waals surface area (Å²) >= 11 is 0. The molecule has 82 valence electrons. The Morgan fingerprint density at radius 1 is 1.64 bits per heavy atom. The van der Waals surface area contributed by atoms with Crippen molar-refractivity contribution in [3.63, 3.8) is 0 Å². The van der Waals surface area contributed by atoms with E-state index in [0.717, 1.165) is 0 Å². The minimum Gasteiger partial charge on any atom is -0.463 e. The Labute approximate surface area is 81.6 Å². The second kappa shape index (κ2) is 4.70. The molecule has 14 heavy (non-hydrogen) atoms. The minimum absolute atomic E-state index is 0.0240. The summed E-state index contributed by atoms with van der Waals surface area (Å²) in [5.74, 6) is -0.424. The number of carbonyl (C=O) groups is 1. The van der Waals surface area contributed by atoms with Gasteiger partial charge in [-0.3, -0.25) is 4.79 Å². The first kappa shape index (κ1) is 11.4. The molecule has 0 saturated carbocycles. The molecule has 0 spiro atoms. The molecule has 1 aliphatic rings. The Balaban J connectivity index is 2.38. The van der Waals surface area contributed by atoms with Crippen LogP contribution in [0.2, 0.25) is 0 Å². The van der Waals surface area contributed by atoms with Crippen molar-refractivity contribution in [3.05, 3.63) is 0 Å². The second-order valence-electron chi connectivity index (χ2n) is 3.33. The molecule has 0 aromatic heterocycles. The molecule has 0 aromatic rings. The third kappa shape index (κ3) is 2.91. The quantitative estimate of drug-likeness (QED) is 0.466. The van der Waals surface area contributed by atoms with Crippen molar-refractivity contribution >= 4 is 5.97 Å². The van der Waals surface area contributed by atoms with E-state index in [-0.39, 0.29) is 13.0 Å². The lowest BCUT2D eigenvalue weighted by Crippen LogP contribution is -2.54. The number of nitrogens with two attached hydrogens (primary N) is 1. The summed E-state index contributed by atoms with van der Waals surface area (Å²) in [5.41, 5.74) is 5.41. The summed E-state index contributed by atoms with van der Waals surface area (Å²) in [5, 5.41) is 18.6. The van der Waals surface area contributed by atoms with Gasteiger partial charge in [-0.25, -0.2) is 0 Å². The fraction of sp³-hybridized carbons (Fsp3) is 0.875. The summed E-state index contributed by atoms with van der Waals surface area (Å²) in [4.78, 5) is 10.5. The van der Waals surface area contributed by atoms with Crippen LogP contribution < -0.4 is 5.73 Å². The number of esters is 1. The number of aliphatic hydroxyl groups excluding tert-OH is 2. The van der Waals surface area contributed by atoms with Crippen LogP contribution in [0.25, 0.3) is 0 Å². The first-order valence-corrected chi connectivity index (χ1v) is 4.41. The Morgan fingerprint density at radius 3 is 2.79 bits per heavy atom. The van der Waals surface area contributed by atoms with E-state index in [2.05, 4.69) is 4.74 Å². The van der Waals surface area contributed by atoms with Gasteiger partial charge in [0.2, 0.25) is 0 Å². The van der Waals surface area contributed by atoms with E-state index >= 15 is 0 Å². The zero-order valence-electron chi connectivity index (χ0n) is 7.92. The third-order valence-corrected chi connectivity index (χ3v) is 2.08. The van der Waals surface area contributed by atoms with Crippen LogP contribution in [0.1, 0.15) is 13.3 Å². The van der Waals surface area contributed by atoms with Crippen LogP contribution in [0.5, 0.6) is 0 Å². The van der Waals surface area contributed by atoms with Gasteiger partial charge in [-0.15, -0.1) is 0 Å². The van der Waals surface area contributed by atoms with Crippen molar-refractivity contribution in [2.75, 3.05) is 6.61 Å². The molecule has 0 aromatic carbocycles. The van der Waals surface area contributed by atoms with Gasteiger partial charge in [0.25, 0.3) is 0 Å². The highest BCUT2D eigenvalue weighted by Gasteiger charge is 2.34. The smallest absolute Gasteiger partial charge is 0.302 e. The van der Waals surface area contributed by atoms with Gasteiger partial charge in [0.05, 0.1) is 18.2 Å². The molecular weight excluding hydrogens is 190 g/mol. The van der Waals surface area contributed by atoms with Gasteiger partial charge in [0, 0.05) is 13.3 Å². The maximum absolute atomic E-state index is 10.5. The van der Waals surface area contributed by atoms with Crippen LogP contribution in [0.4, 0.5) is 0 Å². The summed E-state index contributed by atoms with van der Waals surface area (Å²) < 4.78 is 9.70. The van der Waals surface area contributed by atoms with E-state index in [1.54, 1.807) is 0 Å². The van der Waals surface area contributed by atoms with E-state index in [4.69, 9.17) is 10.5 Å². The Bertz CT molecular complexity index is 198. The van der Waals surface area contributed by atoms with Crippen LogP contribution >= 0.6 is 0 Å². The minimum atomic E-state index is -1.21. The van der Waals surface area contributed by atoms with Crippen molar-refractivity contribution in [3.8, 4) is 0 Å². The molecular formula is C8H15NO5. The monoisotopic (exact) mass is 205 g/mol. The summed E-state index contributed by atoms with van der Waals surface area (Å²) in [6.07, 6.45) is -2.28. The van der Waals surface area contributed by atoms with Crippen LogP contribution in [-0.4, -0.2) is 47.3 Å². The average molecular weight is 205 g/mol. The molecule has 1 saturated heterocycles. The van der Waals surface area contributed by atoms with Gasteiger partial charge in [0.1, 0.15) is 6.61 Å². The van der Waals surface area contributed by atoms with Crippen LogP contribution in [0.15, 0.2) is 0 Å². The first-order chi connectivity index (χ1) is 6.50. The molecule has 4 unspecified atom stereocenters.